The zero-order valence-corrected chi connectivity index (χ0v) is 11.9. The van der Waals surface area contributed by atoms with Crippen molar-refractivity contribution in [2.45, 2.75) is 38.5 Å². The van der Waals surface area contributed by atoms with Crippen LogP contribution in [0.1, 0.15) is 19.8 Å². The van der Waals surface area contributed by atoms with Crippen molar-refractivity contribution >= 4 is 17.0 Å². The fourth-order valence-electron chi connectivity index (χ4n) is 2.63. The summed E-state index contributed by atoms with van der Waals surface area (Å²) in [6, 6.07) is 7.07. The Labute approximate surface area is 121 Å². The van der Waals surface area contributed by atoms with Crippen molar-refractivity contribution in [1.82, 2.24) is 9.88 Å². The van der Waals surface area contributed by atoms with Crippen molar-refractivity contribution in [2.75, 3.05) is 6.61 Å². The topological polar surface area (TPSA) is 73.5 Å². The summed E-state index contributed by atoms with van der Waals surface area (Å²) in [6.45, 7) is 2.87. The van der Waals surface area contributed by atoms with E-state index in [1.54, 1.807) is 6.07 Å². The van der Waals surface area contributed by atoms with E-state index in [1.165, 1.54) is 4.57 Å². The van der Waals surface area contributed by atoms with Gasteiger partial charge in [-0.05, 0) is 31.9 Å². The van der Waals surface area contributed by atoms with Gasteiger partial charge < -0.3 is 14.5 Å². The number of ether oxygens (including phenoxy) is 1. The van der Waals surface area contributed by atoms with Crippen molar-refractivity contribution in [2.24, 2.45) is 0 Å². The van der Waals surface area contributed by atoms with Gasteiger partial charge in [-0.1, -0.05) is 12.1 Å². The van der Waals surface area contributed by atoms with Crippen LogP contribution in [0.4, 0.5) is 0 Å². The van der Waals surface area contributed by atoms with Crippen LogP contribution in [0, 0.1) is 0 Å². The lowest BCUT2D eigenvalue weighted by Crippen LogP contribution is -2.42. The number of benzene rings is 1. The summed E-state index contributed by atoms with van der Waals surface area (Å²) in [6.07, 6.45) is 1.32. The molecule has 3 rings (SSSR count). The molecule has 2 atom stereocenters. The molecule has 6 heteroatoms. The molecule has 0 saturated carbocycles. The first-order chi connectivity index (χ1) is 10.1. The van der Waals surface area contributed by atoms with E-state index in [0.29, 0.717) is 18.7 Å². The number of nitrogens with one attached hydrogen (secondary N) is 1. The van der Waals surface area contributed by atoms with Crippen molar-refractivity contribution in [3.8, 4) is 0 Å². The Morgan fingerprint density at radius 2 is 2.29 bits per heavy atom. The second-order valence-corrected chi connectivity index (χ2v) is 5.36. The summed E-state index contributed by atoms with van der Waals surface area (Å²) in [5.74, 6) is -0.518. The Kier molecular flexibility index (Phi) is 3.79. The maximum Gasteiger partial charge on any atom is 0.420 e. The summed E-state index contributed by atoms with van der Waals surface area (Å²) in [7, 11) is 0. The molecule has 21 heavy (non-hydrogen) atoms. The fourth-order valence-corrected chi connectivity index (χ4v) is 2.63. The minimum atomic E-state index is -0.408. The average molecular weight is 290 g/mol. The predicted molar refractivity (Wildman–Crippen MR) is 77.1 cm³/mol. The number of oxazole rings is 1. The molecule has 2 heterocycles. The Morgan fingerprint density at radius 3 is 3.05 bits per heavy atom. The van der Waals surface area contributed by atoms with Crippen molar-refractivity contribution in [3.63, 3.8) is 0 Å². The average Bonchev–Trinajstić information content (AvgIpc) is 3.08. The monoisotopic (exact) mass is 290 g/mol. The SMILES string of the molecule is C[C@H](Cn1c(=O)oc2ccccc21)NC(=O)[C@@H]1CCCO1. The number of nitrogens with zero attached hydrogens (tertiary/aromatic N) is 1. The predicted octanol–water partition coefficient (Wildman–Crippen LogP) is 1.28. The highest BCUT2D eigenvalue weighted by Gasteiger charge is 2.24. The molecule has 1 aromatic carbocycles. The first kappa shape index (κ1) is 13.9. The maximum absolute atomic E-state index is 12.0. The quantitative estimate of drug-likeness (QED) is 0.920. The lowest BCUT2D eigenvalue weighted by molar-refractivity contribution is -0.130. The van der Waals surface area contributed by atoms with Gasteiger partial charge in [0.2, 0.25) is 5.91 Å². The highest BCUT2D eigenvalue weighted by molar-refractivity contribution is 5.81. The first-order valence-corrected chi connectivity index (χ1v) is 7.15. The van der Waals surface area contributed by atoms with E-state index >= 15 is 0 Å². The Bertz CT molecular complexity index is 697. The molecule has 6 nitrogen and oxygen atoms in total. The number of hydrogen-bond acceptors (Lipinski definition) is 4. The molecule has 2 aromatic rings. The minimum Gasteiger partial charge on any atom is -0.408 e. The molecule has 0 spiro atoms. The number of carbonyl (C=O) groups is 1. The number of fused-ring (bicyclic) bond motifs is 1. The summed E-state index contributed by atoms with van der Waals surface area (Å²) in [5, 5.41) is 2.89. The molecule has 1 aromatic heterocycles. The van der Waals surface area contributed by atoms with E-state index in [1.807, 2.05) is 25.1 Å². The first-order valence-electron chi connectivity index (χ1n) is 7.15. The second-order valence-electron chi connectivity index (χ2n) is 5.36. The number of para-hydroxylation sites is 2. The van der Waals surface area contributed by atoms with Crippen LogP contribution in [0.2, 0.25) is 0 Å². The summed E-state index contributed by atoms with van der Waals surface area (Å²) >= 11 is 0. The van der Waals surface area contributed by atoms with Crippen molar-refractivity contribution in [3.05, 3.63) is 34.8 Å². The Balaban J connectivity index is 1.71. The van der Waals surface area contributed by atoms with Gasteiger partial charge in [-0.2, -0.15) is 0 Å². The van der Waals surface area contributed by atoms with E-state index < -0.39 is 5.76 Å². The number of hydrogen-bond donors (Lipinski definition) is 1. The third-order valence-electron chi connectivity index (χ3n) is 3.64. The smallest absolute Gasteiger partial charge is 0.408 e. The van der Waals surface area contributed by atoms with Gasteiger partial charge >= 0.3 is 5.76 Å². The second kappa shape index (κ2) is 5.73. The molecule has 0 unspecified atom stereocenters. The summed E-state index contributed by atoms with van der Waals surface area (Å²) < 4.78 is 12.1. The molecule has 1 saturated heterocycles. The molecule has 0 bridgehead atoms. The van der Waals surface area contributed by atoms with Gasteiger partial charge in [0.25, 0.3) is 0 Å². The molecule has 1 fully saturated rings. The van der Waals surface area contributed by atoms with Gasteiger partial charge in [0, 0.05) is 19.2 Å². The number of amides is 1. The van der Waals surface area contributed by atoms with Gasteiger partial charge in [0.05, 0.1) is 5.52 Å². The highest BCUT2D eigenvalue weighted by atomic mass is 16.5. The van der Waals surface area contributed by atoms with Gasteiger partial charge in [-0.3, -0.25) is 9.36 Å². The largest absolute Gasteiger partial charge is 0.420 e. The van der Waals surface area contributed by atoms with Crippen molar-refractivity contribution in [1.29, 1.82) is 0 Å². The van der Waals surface area contributed by atoms with E-state index in [4.69, 9.17) is 9.15 Å². The summed E-state index contributed by atoms with van der Waals surface area (Å²) in [4.78, 5) is 23.9. The lowest BCUT2D eigenvalue weighted by atomic mass is 10.2. The van der Waals surface area contributed by atoms with Crippen LogP contribution in [0.25, 0.3) is 11.1 Å². The van der Waals surface area contributed by atoms with Crippen LogP contribution in [-0.2, 0) is 16.1 Å². The molecule has 1 amide bonds. The van der Waals surface area contributed by atoms with E-state index in [9.17, 15) is 9.59 Å². The zero-order valence-electron chi connectivity index (χ0n) is 11.9. The number of carbonyl (C=O) groups excluding carboxylic acids is 1. The van der Waals surface area contributed by atoms with Crippen LogP contribution in [0.15, 0.2) is 33.5 Å². The van der Waals surface area contributed by atoms with E-state index in [0.717, 1.165) is 18.4 Å². The number of aromatic nitrogens is 1. The maximum atomic E-state index is 12.0. The third kappa shape index (κ3) is 2.85. The molecular weight excluding hydrogens is 272 g/mol. The summed E-state index contributed by atoms with van der Waals surface area (Å²) in [5.41, 5.74) is 1.29. The van der Waals surface area contributed by atoms with Crippen LogP contribution < -0.4 is 11.1 Å². The number of rotatable bonds is 4. The Morgan fingerprint density at radius 1 is 1.48 bits per heavy atom. The van der Waals surface area contributed by atoms with Crippen LogP contribution in [0.5, 0.6) is 0 Å². The van der Waals surface area contributed by atoms with Crippen LogP contribution >= 0.6 is 0 Å². The minimum absolute atomic E-state index is 0.110. The van der Waals surface area contributed by atoms with Gasteiger partial charge in [0.1, 0.15) is 6.10 Å². The lowest BCUT2D eigenvalue weighted by Gasteiger charge is -2.17. The zero-order chi connectivity index (χ0) is 14.8. The standard InChI is InChI=1S/C15H18N2O4/c1-10(16-14(18)13-7-4-8-20-13)9-17-11-5-2-3-6-12(11)21-15(17)19/h2-3,5-6,10,13H,4,7-9H2,1H3,(H,16,18)/t10-,13+/m1/s1. The fraction of sp³-hybridized carbons (Fsp3) is 0.467. The Hall–Kier alpha value is -2.08. The third-order valence-corrected chi connectivity index (χ3v) is 3.64. The van der Waals surface area contributed by atoms with Gasteiger partial charge in [0.15, 0.2) is 5.58 Å². The molecule has 1 aliphatic rings. The van der Waals surface area contributed by atoms with Crippen LogP contribution in [0.3, 0.4) is 0 Å². The normalized spacial score (nSPS) is 19.8. The van der Waals surface area contributed by atoms with Crippen LogP contribution in [-0.4, -0.2) is 29.2 Å². The molecule has 112 valence electrons. The molecule has 1 N–H and O–H groups in total. The van der Waals surface area contributed by atoms with Gasteiger partial charge in [-0.25, -0.2) is 4.79 Å². The molecule has 0 radical (unpaired) electrons. The van der Waals surface area contributed by atoms with E-state index in [-0.39, 0.29) is 18.1 Å². The van der Waals surface area contributed by atoms with E-state index in [2.05, 4.69) is 5.32 Å². The molecular formula is C15H18N2O4. The molecule has 1 aliphatic heterocycles. The molecule has 0 aliphatic carbocycles. The van der Waals surface area contributed by atoms with Gasteiger partial charge in [-0.15, -0.1) is 0 Å². The highest BCUT2D eigenvalue weighted by Crippen LogP contribution is 2.14. The van der Waals surface area contributed by atoms with Crippen molar-refractivity contribution < 1.29 is 13.9 Å².